The summed E-state index contributed by atoms with van der Waals surface area (Å²) < 4.78 is 5.63. The van der Waals surface area contributed by atoms with E-state index in [9.17, 15) is 14.7 Å². The van der Waals surface area contributed by atoms with E-state index in [4.69, 9.17) is 4.74 Å². The normalized spacial score (nSPS) is 18.6. The van der Waals surface area contributed by atoms with E-state index in [1.165, 1.54) is 0 Å². The van der Waals surface area contributed by atoms with Gasteiger partial charge >= 0.3 is 5.97 Å². The van der Waals surface area contributed by atoms with Crippen LogP contribution in [0.25, 0.3) is 10.8 Å². The van der Waals surface area contributed by atoms with Gasteiger partial charge in [0.05, 0.1) is 0 Å². The molecule has 1 aliphatic rings. The van der Waals surface area contributed by atoms with Crippen LogP contribution in [0.15, 0.2) is 66.7 Å². The largest absolute Gasteiger partial charge is 0.490 e. The molecule has 1 atom stereocenters. The molecule has 0 spiro atoms. The van der Waals surface area contributed by atoms with Crippen LogP contribution in [0.4, 0.5) is 0 Å². The second-order valence-electron chi connectivity index (χ2n) is 6.44. The number of hydrogen-bond acceptors (Lipinski definition) is 3. The highest BCUT2D eigenvalue weighted by Gasteiger charge is 2.44. The summed E-state index contributed by atoms with van der Waals surface area (Å²) in [4.78, 5) is 24.9. The van der Waals surface area contributed by atoms with Gasteiger partial charge in [0, 0.05) is 12.0 Å². The maximum absolute atomic E-state index is 12.9. The standard InChI is InChI=1S/C21H17NO4/c23-19(17-10-5-8-14-6-1-3-9-16(14)17)22-21(20(24)25)12-15-7-2-4-11-18(15)26-13-21/h1-11H,12-13H2,(H,22,23)(H,24,25). The van der Waals surface area contributed by atoms with Gasteiger partial charge in [-0.05, 0) is 28.5 Å². The number of aliphatic carboxylic acids is 1. The third-order valence-electron chi connectivity index (χ3n) is 4.74. The topological polar surface area (TPSA) is 75.6 Å². The van der Waals surface area contributed by atoms with Crippen molar-refractivity contribution in [1.29, 1.82) is 0 Å². The van der Waals surface area contributed by atoms with E-state index in [-0.39, 0.29) is 13.0 Å². The minimum Gasteiger partial charge on any atom is -0.490 e. The molecule has 0 aliphatic carbocycles. The van der Waals surface area contributed by atoms with Crippen LogP contribution in [0.5, 0.6) is 5.75 Å². The number of rotatable bonds is 3. The van der Waals surface area contributed by atoms with Gasteiger partial charge in [-0.3, -0.25) is 4.79 Å². The van der Waals surface area contributed by atoms with Crippen molar-refractivity contribution in [2.45, 2.75) is 12.0 Å². The Balaban J connectivity index is 1.69. The van der Waals surface area contributed by atoms with Gasteiger partial charge in [0.25, 0.3) is 5.91 Å². The number of para-hydroxylation sites is 1. The summed E-state index contributed by atoms with van der Waals surface area (Å²) in [5.41, 5.74) is -0.287. The van der Waals surface area contributed by atoms with Crippen molar-refractivity contribution in [3.8, 4) is 5.75 Å². The molecule has 1 amide bonds. The minimum absolute atomic E-state index is 0.115. The first-order chi connectivity index (χ1) is 12.6. The fourth-order valence-corrected chi connectivity index (χ4v) is 3.35. The monoisotopic (exact) mass is 347 g/mol. The predicted molar refractivity (Wildman–Crippen MR) is 97.4 cm³/mol. The number of nitrogens with one attached hydrogen (secondary N) is 1. The lowest BCUT2D eigenvalue weighted by Gasteiger charge is -2.35. The molecule has 0 radical (unpaired) electrons. The first kappa shape index (κ1) is 16.1. The van der Waals surface area contributed by atoms with Crippen LogP contribution < -0.4 is 10.1 Å². The average Bonchev–Trinajstić information content (AvgIpc) is 2.67. The van der Waals surface area contributed by atoms with E-state index >= 15 is 0 Å². The molecular formula is C21H17NO4. The molecule has 1 heterocycles. The van der Waals surface area contributed by atoms with Crippen molar-refractivity contribution >= 4 is 22.6 Å². The molecule has 0 fully saturated rings. The molecule has 0 saturated carbocycles. The van der Waals surface area contributed by atoms with Crippen LogP contribution in [-0.4, -0.2) is 29.1 Å². The van der Waals surface area contributed by atoms with Crippen LogP contribution >= 0.6 is 0 Å². The lowest BCUT2D eigenvalue weighted by atomic mass is 9.88. The van der Waals surface area contributed by atoms with Crippen LogP contribution in [0.3, 0.4) is 0 Å². The zero-order chi connectivity index (χ0) is 18.1. The Labute approximate surface area is 150 Å². The number of amides is 1. The number of fused-ring (bicyclic) bond motifs is 2. The van der Waals surface area contributed by atoms with Gasteiger partial charge in [0.15, 0.2) is 5.54 Å². The molecule has 5 nitrogen and oxygen atoms in total. The van der Waals surface area contributed by atoms with Crippen molar-refractivity contribution in [2.24, 2.45) is 0 Å². The Morgan fingerprint density at radius 1 is 0.962 bits per heavy atom. The number of carboxylic acids is 1. The van der Waals surface area contributed by atoms with E-state index in [2.05, 4.69) is 5.32 Å². The minimum atomic E-state index is -1.50. The highest BCUT2D eigenvalue weighted by atomic mass is 16.5. The smallest absolute Gasteiger partial charge is 0.333 e. The van der Waals surface area contributed by atoms with E-state index in [0.717, 1.165) is 16.3 Å². The molecule has 26 heavy (non-hydrogen) atoms. The molecule has 0 aromatic heterocycles. The number of hydrogen-bond donors (Lipinski definition) is 2. The number of ether oxygens (including phenoxy) is 1. The Morgan fingerprint density at radius 3 is 2.54 bits per heavy atom. The zero-order valence-corrected chi connectivity index (χ0v) is 13.9. The van der Waals surface area contributed by atoms with Crippen LogP contribution in [0.1, 0.15) is 15.9 Å². The van der Waals surface area contributed by atoms with Crippen molar-refractivity contribution in [3.63, 3.8) is 0 Å². The number of carbonyl (C=O) groups excluding carboxylic acids is 1. The van der Waals surface area contributed by atoms with Gasteiger partial charge in [-0.1, -0.05) is 54.6 Å². The molecule has 4 rings (SSSR count). The number of benzene rings is 3. The predicted octanol–water partition coefficient (Wildman–Crippen LogP) is 3.03. The molecule has 0 bridgehead atoms. The number of carboxylic acid groups (broad SMARTS) is 1. The summed E-state index contributed by atoms with van der Waals surface area (Å²) in [6.45, 7) is -0.115. The van der Waals surface area contributed by atoms with E-state index < -0.39 is 17.4 Å². The van der Waals surface area contributed by atoms with Crippen molar-refractivity contribution < 1.29 is 19.4 Å². The summed E-state index contributed by atoms with van der Waals surface area (Å²) in [6, 6.07) is 20.2. The highest BCUT2D eigenvalue weighted by molar-refractivity contribution is 6.08. The number of carbonyl (C=O) groups is 2. The summed E-state index contributed by atoms with van der Waals surface area (Å²) in [5, 5.41) is 14.3. The first-order valence-electron chi connectivity index (χ1n) is 8.33. The van der Waals surface area contributed by atoms with Gasteiger partial charge < -0.3 is 15.2 Å². The molecule has 3 aromatic rings. The lowest BCUT2D eigenvalue weighted by molar-refractivity contribution is -0.146. The molecule has 0 saturated heterocycles. The second-order valence-corrected chi connectivity index (χ2v) is 6.44. The first-order valence-corrected chi connectivity index (χ1v) is 8.33. The Bertz CT molecular complexity index is 1010. The maximum Gasteiger partial charge on any atom is 0.333 e. The zero-order valence-electron chi connectivity index (χ0n) is 13.9. The van der Waals surface area contributed by atoms with E-state index in [1.807, 2.05) is 48.5 Å². The molecule has 2 N–H and O–H groups in total. The third kappa shape index (κ3) is 2.67. The SMILES string of the molecule is O=C(NC1(C(=O)O)COc2ccccc2C1)c1cccc2ccccc12. The van der Waals surface area contributed by atoms with Crippen LogP contribution in [-0.2, 0) is 11.2 Å². The molecule has 3 aromatic carbocycles. The van der Waals surface area contributed by atoms with E-state index in [1.54, 1.807) is 18.2 Å². The van der Waals surface area contributed by atoms with Crippen molar-refractivity contribution in [3.05, 3.63) is 77.9 Å². The van der Waals surface area contributed by atoms with Gasteiger partial charge in [-0.15, -0.1) is 0 Å². The molecular weight excluding hydrogens is 330 g/mol. The summed E-state index contributed by atoms with van der Waals surface area (Å²) in [6.07, 6.45) is 0.176. The molecule has 5 heteroatoms. The summed E-state index contributed by atoms with van der Waals surface area (Å²) in [5.74, 6) is -0.878. The Kier molecular flexibility index (Phi) is 3.84. The molecule has 1 aliphatic heterocycles. The Hall–Kier alpha value is -3.34. The van der Waals surface area contributed by atoms with E-state index in [0.29, 0.717) is 11.3 Å². The second kappa shape index (κ2) is 6.19. The summed E-state index contributed by atoms with van der Waals surface area (Å²) in [7, 11) is 0. The van der Waals surface area contributed by atoms with Gasteiger partial charge in [0.2, 0.25) is 0 Å². The molecule has 1 unspecified atom stereocenters. The highest BCUT2D eigenvalue weighted by Crippen LogP contribution is 2.30. The fraction of sp³-hybridized carbons (Fsp3) is 0.143. The maximum atomic E-state index is 12.9. The van der Waals surface area contributed by atoms with Crippen LogP contribution in [0.2, 0.25) is 0 Å². The fourth-order valence-electron chi connectivity index (χ4n) is 3.35. The van der Waals surface area contributed by atoms with Crippen molar-refractivity contribution in [1.82, 2.24) is 5.32 Å². The van der Waals surface area contributed by atoms with Gasteiger partial charge in [-0.25, -0.2) is 4.79 Å². The summed E-state index contributed by atoms with van der Waals surface area (Å²) >= 11 is 0. The van der Waals surface area contributed by atoms with Gasteiger partial charge in [-0.2, -0.15) is 0 Å². The molecule has 130 valence electrons. The Morgan fingerprint density at radius 2 is 1.69 bits per heavy atom. The van der Waals surface area contributed by atoms with Crippen LogP contribution in [0, 0.1) is 0 Å². The quantitative estimate of drug-likeness (QED) is 0.764. The third-order valence-corrected chi connectivity index (χ3v) is 4.74. The lowest BCUT2D eigenvalue weighted by Crippen LogP contribution is -2.61. The van der Waals surface area contributed by atoms with Crippen molar-refractivity contribution in [2.75, 3.05) is 6.61 Å². The van der Waals surface area contributed by atoms with Gasteiger partial charge in [0.1, 0.15) is 12.4 Å². The average molecular weight is 347 g/mol.